The van der Waals surface area contributed by atoms with Crippen molar-refractivity contribution in [3.05, 3.63) is 38.5 Å². The van der Waals surface area contributed by atoms with Crippen LogP contribution in [0.15, 0.2) is 22.9 Å². The zero-order valence-electron chi connectivity index (χ0n) is 12.2. The predicted molar refractivity (Wildman–Crippen MR) is 85.2 cm³/mol. The van der Waals surface area contributed by atoms with Crippen molar-refractivity contribution >= 4 is 22.7 Å². The number of nitrogens with one attached hydrogen (secondary N) is 1. The van der Waals surface area contributed by atoms with Crippen LogP contribution < -0.4 is 5.32 Å². The van der Waals surface area contributed by atoms with Crippen LogP contribution in [0, 0.1) is 0 Å². The van der Waals surface area contributed by atoms with E-state index in [2.05, 4.69) is 62.8 Å². The molecule has 2 heterocycles. The summed E-state index contributed by atoms with van der Waals surface area (Å²) < 4.78 is 0. The highest BCUT2D eigenvalue weighted by atomic mass is 32.1. The maximum atomic E-state index is 4.85. The Hall–Kier alpha value is -0.710. The highest BCUT2D eigenvalue weighted by Crippen LogP contribution is 2.32. The molecule has 0 saturated heterocycles. The monoisotopic (exact) mass is 294 g/mol. The Morgan fingerprint density at radius 2 is 1.95 bits per heavy atom. The summed E-state index contributed by atoms with van der Waals surface area (Å²) in [4.78, 5) is 6.19. The average molecular weight is 294 g/mol. The Bertz CT molecular complexity index is 506. The van der Waals surface area contributed by atoms with Crippen LogP contribution in [-0.4, -0.2) is 11.0 Å². The van der Waals surface area contributed by atoms with Gasteiger partial charge in [0.2, 0.25) is 0 Å². The summed E-state index contributed by atoms with van der Waals surface area (Å²) in [6, 6.07) is 4.95. The second kappa shape index (κ2) is 5.73. The fourth-order valence-corrected chi connectivity index (χ4v) is 3.81. The first-order chi connectivity index (χ1) is 8.88. The molecule has 0 fully saturated rings. The van der Waals surface area contributed by atoms with Crippen molar-refractivity contribution in [2.45, 2.75) is 52.1 Å². The Morgan fingerprint density at radius 1 is 1.21 bits per heavy atom. The van der Waals surface area contributed by atoms with Crippen molar-refractivity contribution in [1.82, 2.24) is 10.3 Å². The van der Waals surface area contributed by atoms with E-state index in [1.807, 2.05) is 0 Å². The molecular formula is C15H22N2S2. The topological polar surface area (TPSA) is 24.9 Å². The van der Waals surface area contributed by atoms with Gasteiger partial charge < -0.3 is 5.32 Å². The molecule has 2 aromatic rings. The predicted octanol–water partition coefficient (Wildman–Crippen LogP) is 4.59. The molecule has 4 heteroatoms. The first kappa shape index (κ1) is 14.7. The molecule has 19 heavy (non-hydrogen) atoms. The third-order valence-electron chi connectivity index (χ3n) is 2.87. The Labute approximate surface area is 123 Å². The summed E-state index contributed by atoms with van der Waals surface area (Å²) >= 11 is 3.55. The molecular weight excluding hydrogens is 272 g/mol. The lowest BCUT2D eigenvalue weighted by molar-refractivity contribution is 0.524. The van der Waals surface area contributed by atoms with Gasteiger partial charge in [0.1, 0.15) is 5.01 Å². The third kappa shape index (κ3) is 3.65. The van der Waals surface area contributed by atoms with E-state index in [9.17, 15) is 0 Å². The quantitative estimate of drug-likeness (QED) is 0.892. The highest BCUT2D eigenvalue weighted by Gasteiger charge is 2.23. The number of thiophene rings is 1. The van der Waals surface area contributed by atoms with Gasteiger partial charge in [-0.2, -0.15) is 0 Å². The lowest BCUT2D eigenvalue weighted by Gasteiger charge is -2.19. The van der Waals surface area contributed by atoms with Gasteiger partial charge in [-0.05, 0) is 25.3 Å². The Kier molecular flexibility index (Phi) is 4.43. The molecule has 0 aromatic carbocycles. The van der Waals surface area contributed by atoms with Gasteiger partial charge in [-0.3, -0.25) is 0 Å². The van der Waals surface area contributed by atoms with Crippen molar-refractivity contribution in [1.29, 1.82) is 0 Å². The number of aromatic nitrogens is 1. The fraction of sp³-hybridized carbons (Fsp3) is 0.533. The van der Waals surface area contributed by atoms with Gasteiger partial charge in [-0.1, -0.05) is 26.8 Å². The van der Waals surface area contributed by atoms with Crippen LogP contribution in [0.3, 0.4) is 0 Å². The molecule has 1 N–H and O–H groups in total. The highest BCUT2D eigenvalue weighted by molar-refractivity contribution is 7.11. The lowest BCUT2D eigenvalue weighted by atomic mass is 9.93. The minimum Gasteiger partial charge on any atom is -0.301 e. The third-order valence-corrected chi connectivity index (χ3v) is 4.71. The van der Waals surface area contributed by atoms with Crippen molar-refractivity contribution in [3.63, 3.8) is 0 Å². The van der Waals surface area contributed by atoms with Gasteiger partial charge in [-0.25, -0.2) is 4.98 Å². The van der Waals surface area contributed by atoms with Crippen LogP contribution in [0.4, 0.5) is 0 Å². The summed E-state index contributed by atoms with van der Waals surface area (Å²) in [5.74, 6) is 0. The van der Waals surface area contributed by atoms with Gasteiger partial charge in [0.25, 0.3) is 0 Å². The zero-order chi connectivity index (χ0) is 14.0. The molecule has 0 aliphatic rings. The molecule has 104 valence electrons. The number of rotatable bonds is 4. The molecule has 2 nitrogen and oxygen atoms in total. The molecule has 0 amide bonds. The number of thiazole rings is 1. The molecule has 0 aliphatic heterocycles. The minimum atomic E-state index is 0.118. The maximum absolute atomic E-state index is 4.85. The minimum absolute atomic E-state index is 0.118. The van der Waals surface area contributed by atoms with E-state index in [1.54, 1.807) is 22.7 Å². The summed E-state index contributed by atoms with van der Waals surface area (Å²) in [6.45, 7) is 11.0. The summed E-state index contributed by atoms with van der Waals surface area (Å²) in [5.41, 5.74) is 1.30. The van der Waals surface area contributed by atoms with E-state index in [-0.39, 0.29) is 11.5 Å². The first-order valence-corrected chi connectivity index (χ1v) is 8.39. The van der Waals surface area contributed by atoms with Crippen LogP contribution in [0.2, 0.25) is 0 Å². The largest absolute Gasteiger partial charge is 0.301 e. The number of hydrogen-bond acceptors (Lipinski definition) is 4. The number of hydrogen-bond donors (Lipinski definition) is 1. The molecule has 2 rings (SSSR count). The molecule has 2 aromatic heterocycles. The fourth-order valence-electron chi connectivity index (χ4n) is 1.83. The molecule has 0 aliphatic carbocycles. The van der Waals surface area contributed by atoms with E-state index in [4.69, 9.17) is 4.98 Å². The van der Waals surface area contributed by atoms with Gasteiger partial charge in [0.05, 0.1) is 11.7 Å². The summed E-state index contributed by atoms with van der Waals surface area (Å²) in [5, 5.41) is 9.11. The van der Waals surface area contributed by atoms with Crippen LogP contribution in [0.25, 0.3) is 0 Å². The smallest absolute Gasteiger partial charge is 0.115 e. The van der Waals surface area contributed by atoms with Crippen LogP contribution in [-0.2, 0) is 5.41 Å². The molecule has 0 saturated carbocycles. The normalized spacial score (nSPS) is 14.0. The van der Waals surface area contributed by atoms with Crippen molar-refractivity contribution in [2.75, 3.05) is 0 Å². The second-order valence-electron chi connectivity index (χ2n) is 6.09. The van der Waals surface area contributed by atoms with E-state index in [0.29, 0.717) is 6.04 Å². The molecule has 1 unspecified atom stereocenters. The summed E-state index contributed by atoms with van der Waals surface area (Å²) in [7, 11) is 0. The maximum Gasteiger partial charge on any atom is 0.115 e. The van der Waals surface area contributed by atoms with E-state index >= 15 is 0 Å². The van der Waals surface area contributed by atoms with Crippen molar-refractivity contribution < 1.29 is 0 Å². The van der Waals surface area contributed by atoms with Gasteiger partial charge in [-0.15, -0.1) is 22.7 Å². The van der Waals surface area contributed by atoms with Crippen molar-refractivity contribution in [2.24, 2.45) is 0 Å². The SMILES string of the molecule is CC(C)NC(c1cccs1)c1nc(C(C)(C)C)cs1. The Morgan fingerprint density at radius 3 is 2.42 bits per heavy atom. The Balaban J connectivity index is 2.31. The van der Waals surface area contributed by atoms with E-state index in [0.717, 1.165) is 0 Å². The summed E-state index contributed by atoms with van der Waals surface area (Å²) in [6.07, 6.45) is 0. The van der Waals surface area contributed by atoms with Gasteiger partial charge in [0, 0.05) is 21.7 Å². The molecule has 0 bridgehead atoms. The molecule has 0 radical (unpaired) electrons. The molecule has 1 atom stereocenters. The standard InChI is InChI=1S/C15H22N2S2/c1-10(2)16-13(11-7-6-8-18-11)14-17-12(9-19-14)15(3,4)5/h6-10,13,16H,1-5H3. The van der Waals surface area contributed by atoms with E-state index in [1.165, 1.54) is 15.6 Å². The van der Waals surface area contributed by atoms with Gasteiger partial charge in [0.15, 0.2) is 0 Å². The van der Waals surface area contributed by atoms with Crippen molar-refractivity contribution in [3.8, 4) is 0 Å². The lowest BCUT2D eigenvalue weighted by Crippen LogP contribution is -2.28. The average Bonchev–Trinajstić information content (AvgIpc) is 2.96. The zero-order valence-corrected chi connectivity index (χ0v) is 13.9. The first-order valence-electron chi connectivity index (χ1n) is 6.63. The second-order valence-corrected chi connectivity index (χ2v) is 7.96. The van der Waals surface area contributed by atoms with Gasteiger partial charge >= 0.3 is 0 Å². The number of nitrogens with zero attached hydrogens (tertiary/aromatic N) is 1. The van der Waals surface area contributed by atoms with E-state index < -0.39 is 0 Å². The van der Waals surface area contributed by atoms with Crippen LogP contribution in [0.5, 0.6) is 0 Å². The van der Waals surface area contributed by atoms with Crippen LogP contribution in [0.1, 0.15) is 56.2 Å². The van der Waals surface area contributed by atoms with Crippen LogP contribution >= 0.6 is 22.7 Å². The molecule has 0 spiro atoms.